The molecule has 0 saturated heterocycles. The second kappa shape index (κ2) is 6.23. The van der Waals surface area contributed by atoms with Crippen LogP contribution in [0.25, 0.3) is 0 Å². The van der Waals surface area contributed by atoms with Gasteiger partial charge in [-0.3, -0.25) is 0 Å². The summed E-state index contributed by atoms with van der Waals surface area (Å²) in [5.74, 6) is 1.02. The minimum Gasteiger partial charge on any atom is -0.0856 e. The largest absolute Gasteiger partial charge is 0.0856 e. The lowest BCUT2D eigenvalue weighted by Gasteiger charge is -2.21. The Hall–Kier alpha value is -0.260. The molecule has 0 amide bonds. The van der Waals surface area contributed by atoms with Crippen molar-refractivity contribution in [3.8, 4) is 0 Å². The van der Waals surface area contributed by atoms with Gasteiger partial charge in [-0.15, -0.1) is 0 Å². The van der Waals surface area contributed by atoms with Crippen LogP contribution in [0.2, 0.25) is 0 Å². The summed E-state index contributed by atoms with van der Waals surface area (Å²) in [7, 11) is 0. The molecule has 0 aliphatic heterocycles. The molecule has 1 fully saturated rings. The first kappa shape index (κ1) is 10.8. The Morgan fingerprint density at radius 1 is 1.23 bits per heavy atom. The summed E-state index contributed by atoms with van der Waals surface area (Å²) in [5, 5.41) is 0. The molecule has 0 aromatic heterocycles. The van der Waals surface area contributed by atoms with Crippen LogP contribution in [0.15, 0.2) is 11.6 Å². The molecule has 0 unspecified atom stereocenters. The molecule has 0 atom stereocenters. The van der Waals surface area contributed by atoms with Gasteiger partial charge >= 0.3 is 0 Å². The van der Waals surface area contributed by atoms with E-state index < -0.39 is 0 Å². The van der Waals surface area contributed by atoms with E-state index in [9.17, 15) is 0 Å². The number of allylic oxidation sites excluding steroid dienone is 2. The van der Waals surface area contributed by atoms with Gasteiger partial charge in [-0.2, -0.15) is 0 Å². The van der Waals surface area contributed by atoms with Gasteiger partial charge in [0.15, 0.2) is 0 Å². The van der Waals surface area contributed by atoms with Crippen LogP contribution in [-0.2, 0) is 0 Å². The summed E-state index contributed by atoms with van der Waals surface area (Å²) in [5.41, 5.74) is 1.63. The van der Waals surface area contributed by atoms with Crippen molar-refractivity contribution in [1.82, 2.24) is 0 Å². The third-order valence-electron chi connectivity index (χ3n) is 3.12. The van der Waals surface area contributed by atoms with Crippen LogP contribution in [0.1, 0.15) is 65.2 Å². The lowest BCUT2D eigenvalue weighted by atomic mass is 9.85. The molecular weight excluding hydrogens is 156 g/mol. The lowest BCUT2D eigenvalue weighted by Crippen LogP contribution is -2.06. The van der Waals surface area contributed by atoms with Crippen LogP contribution in [-0.4, -0.2) is 0 Å². The van der Waals surface area contributed by atoms with Crippen molar-refractivity contribution in [3.63, 3.8) is 0 Å². The molecular formula is C13H24. The van der Waals surface area contributed by atoms with Gasteiger partial charge < -0.3 is 0 Å². The van der Waals surface area contributed by atoms with Gasteiger partial charge in [-0.05, 0) is 25.7 Å². The molecule has 0 N–H and O–H groups in total. The van der Waals surface area contributed by atoms with E-state index in [1.54, 1.807) is 5.57 Å². The monoisotopic (exact) mass is 180 g/mol. The normalized spacial score (nSPS) is 20.6. The fraction of sp³-hybridized carbons (Fsp3) is 0.846. The predicted molar refractivity (Wildman–Crippen MR) is 59.9 cm³/mol. The first-order valence-corrected chi connectivity index (χ1v) is 5.98. The summed E-state index contributed by atoms with van der Waals surface area (Å²) in [6.07, 6.45) is 13.8. The van der Waals surface area contributed by atoms with Crippen molar-refractivity contribution in [3.05, 3.63) is 11.6 Å². The Bertz CT molecular complexity index is 149. The van der Waals surface area contributed by atoms with Crippen molar-refractivity contribution in [2.75, 3.05) is 0 Å². The van der Waals surface area contributed by atoms with Gasteiger partial charge in [0.25, 0.3) is 0 Å². The highest BCUT2D eigenvalue weighted by Crippen LogP contribution is 2.28. The number of unbranched alkanes of at least 4 members (excludes halogenated alkanes) is 1. The number of hydrogen-bond donors (Lipinski definition) is 0. The van der Waals surface area contributed by atoms with Gasteiger partial charge in [0.1, 0.15) is 0 Å². The lowest BCUT2D eigenvalue weighted by molar-refractivity contribution is 0.356. The van der Waals surface area contributed by atoms with Crippen LogP contribution < -0.4 is 0 Å². The van der Waals surface area contributed by atoms with E-state index in [1.165, 1.54) is 51.4 Å². The smallest absolute Gasteiger partial charge is 0.0295 e. The van der Waals surface area contributed by atoms with Crippen molar-refractivity contribution in [1.29, 1.82) is 0 Å². The zero-order valence-corrected chi connectivity index (χ0v) is 9.31. The zero-order valence-electron chi connectivity index (χ0n) is 9.31. The molecule has 13 heavy (non-hydrogen) atoms. The first-order chi connectivity index (χ1) is 6.33. The molecule has 0 nitrogen and oxygen atoms in total. The molecule has 1 rings (SSSR count). The number of rotatable bonds is 4. The molecule has 1 aliphatic rings. The summed E-state index contributed by atoms with van der Waals surface area (Å²) >= 11 is 0. The molecule has 1 saturated carbocycles. The van der Waals surface area contributed by atoms with Crippen LogP contribution in [0.5, 0.6) is 0 Å². The van der Waals surface area contributed by atoms with Gasteiger partial charge in [0.2, 0.25) is 0 Å². The minimum atomic E-state index is 1.02. The maximum atomic E-state index is 2.44. The van der Waals surface area contributed by atoms with Crippen molar-refractivity contribution in [2.45, 2.75) is 65.2 Å². The summed E-state index contributed by atoms with van der Waals surface area (Å²) in [4.78, 5) is 0. The SMILES string of the molecule is CCC/C=C(\C)CC1CCCCC1. The van der Waals surface area contributed by atoms with E-state index >= 15 is 0 Å². The fourth-order valence-corrected chi connectivity index (χ4v) is 2.32. The van der Waals surface area contributed by atoms with E-state index in [4.69, 9.17) is 0 Å². The highest BCUT2D eigenvalue weighted by atomic mass is 14.2. The first-order valence-electron chi connectivity index (χ1n) is 5.98. The van der Waals surface area contributed by atoms with Crippen LogP contribution in [0.4, 0.5) is 0 Å². The Labute approximate surface area is 83.4 Å². The van der Waals surface area contributed by atoms with Gasteiger partial charge in [-0.25, -0.2) is 0 Å². The Kier molecular flexibility index (Phi) is 5.19. The average molecular weight is 180 g/mol. The quantitative estimate of drug-likeness (QED) is 0.550. The summed E-state index contributed by atoms with van der Waals surface area (Å²) in [6.45, 7) is 4.56. The van der Waals surface area contributed by atoms with E-state index in [0.29, 0.717) is 0 Å². The topological polar surface area (TPSA) is 0 Å². The van der Waals surface area contributed by atoms with E-state index in [0.717, 1.165) is 5.92 Å². The Morgan fingerprint density at radius 3 is 2.54 bits per heavy atom. The van der Waals surface area contributed by atoms with E-state index in [2.05, 4.69) is 19.9 Å². The number of hydrogen-bond acceptors (Lipinski definition) is 0. The van der Waals surface area contributed by atoms with Crippen molar-refractivity contribution in [2.24, 2.45) is 5.92 Å². The zero-order chi connectivity index (χ0) is 9.52. The molecule has 0 aromatic rings. The molecule has 76 valence electrons. The molecule has 1 aliphatic carbocycles. The highest BCUT2D eigenvalue weighted by molar-refractivity contribution is 4.99. The molecule has 0 radical (unpaired) electrons. The maximum Gasteiger partial charge on any atom is -0.0295 e. The Morgan fingerprint density at radius 2 is 1.92 bits per heavy atom. The van der Waals surface area contributed by atoms with Crippen LogP contribution in [0.3, 0.4) is 0 Å². The standard InChI is InChI=1S/C13H24/c1-3-4-8-12(2)11-13-9-6-5-7-10-13/h8,13H,3-7,9-11H2,1-2H3/b12-8+. The van der Waals surface area contributed by atoms with Gasteiger partial charge in [0, 0.05) is 0 Å². The molecule has 0 heterocycles. The van der Waals surface area contributed by atoms with Crippen LogP contribution >= 0.6 is 0 Å². The Balaban J connectivity index is 2.21. The predicted octanol–water partition coefficient (Wildman–Crippen LogP) is 4.70. The highest BCUT2D eigenvalue weighted by Gasteiger charge is 2.12. The second-order valence-corrected chi connectivity index (χ2v) is 4.55. The average Bonchev–Trinajstić information content (AvgIpc) is 2.16. The minimum absolute atomic E-state index is 1.02. The summed E-state index contributed by atoms with van der Waals surface area (Å²) in [6, 6.07) is 0. The van der Waals surface area contributed by atoms with Crippen molar-refractivity contribution >= 4 is 0 Å². The fourth-order valence-electron chi connectivity index (χ4n) is 2.32. The molecule has 0 spiro atoms. The third-order valence-corrected chi connectivity index (χ3v) is 3.12. The molecule has 0 heteroatoms. The van der Waals surface area contributed by atoms with Crippen LogP contribution in [0, 0.1) is 5.92 Å². The van der Waals surface area contributed by atoms with Gasteiger partial charge in [0.05, 0.1) is 0 Å². The van der Waals surface area contributed by atoms with Crippen molar-refractivity contribution < 1.29 is 0 Å². The molecule has 0 aromatic carbocycles. The maximum absolute atomic E-state index is 2.44. The summed E-state index contributed by atoms with van der Waals surface area (Å²) < 4.78 is 0. The second-order valence-electron chi connectivity index (χ2n) is 4.55. The van der Waals surface area contributed by atoms with E-state index in [1.807, 2.05) is 0 Å². The van der Waals surface area contributed by atoms with E-state index in [-0.39, 0.29) is 0 Å². The third kappa shape index (κ3) is 4.50. The molecule has 0 bridgehead atoms. The van der Waals surface area contributed by atoms with Gasteiger partial charge in [-0.1, -0.05) is 57.1 Å².